The van der Waals surface area contributed by atoms with E-state index in [1.165, 1.54) is 38.6 Å². The van der Waals surface area contributed by atoms with Crippen LogP contribution in [0.2, 0.25) is 0 Å². The molecule has 0 aromatic heterocycles. The Kier molecular flexibility index (Phi) is 2.08. The minimum absolute atomic E-state index is 0.303. The molecule has 2 heterocycles. The van der Waals surface area contributed by atoms with E-state index >= 15 is 0 Å². The van der Waals surface area contributed by atoms with Gasteiger partial charge in [0.2, 0.25) is 0 Å². The second-order valence-electron chi connectivity index (χ2n) is 5.25. The van der Waals surface area contributed by atoms with E-state index in [2.05, 4.69) is 4.90 Å². The molecule has 0 amide bonds. The highest BCUT2D eigenvalue weighted by molar-refractivity contribution is 5.00. The van der Waals surface area contributed by atoms with Crippen LogP contribution in [0.3, 0.4) is 0 Å². The Balaban J connectivity index is 1.59. The average molecular weight is 196 g/mol. The van der Waals surface area contributed by atoms with Crippen LogP contribution in [0.4, 0.5) is 0 Å². The maximum Gasteiger partial charge on any atom is 0.0699 e. The zero-order chi connectivity index (χ0) is 9.60. The van der Waals surface area contributed by atoms with Crippen molar-refractivity contribution in [1.82, 2.24) is 4.90 Å². The van der Waals surface area contributed by atoms with E-state index in [4.69, 9.17) is 10.5 Å². The van der Waals surface area contributed by atoms with Gasteiger partial charge < -0.3 is 10.5 Å². The van der Waals surface area contributed by atoms with Gasteiger partial charge in [-0.3, -0.25) is 4.90 Å². The Morgan fingerprint density at radius 3 is 2.71 bits per heavy atom. The Morgan fingerprint density at radius 2 is 2.21 bits per heavy atom. The minimum atomic E-state index is 0.303. The largest absolute Gasteiger partial charge is 0.373 e. The van der Waals surface area contributed by atoms with E-state index in [0.29, 0.717) is 17.7 Å². The van der Waals surface area contributed by atoms with Gasteiger partial charge in [-0.15, -0.1) is 0 Å². The topological polar surface area (TPSA) is 38.5 Å². The highest BCUT2D eigenvalue weighted by Crippen LogP contribution is 2.44. The fourth-order valence-corrected chi connectivity index (χ4v) is 3.12. The van der Waals surface area contributed by atoms with Crippen LogP contribution in [-0.4, -0.2) is 42.3 Å². The smallest absolute Gasteiger partial charge is 0.0699 e. The maximum absolute atomic E-state index is 5.95. The number of hydrogen-bond acceptors (Lipinski definition) is 3. The lowest BCUT2D eigenvalue weighted by Crippen LogP contribution is -2.39. The summed E-state index contributed by atoms with van der Waals surface area (Å²) >= 11 is 0. The van der Waals surface area contributed by atoms with Crippen molar-refractivity contribution in [2.45, 2.75) is 49.8 Å². The minimum Gasteiger partial charge on any atom is -0.373 e. The predicted molar refractivity (Wildman–Crippen MR) is 55.1 cm³/mol. The highest BCUT2D eigenvalue weighted by atomic mass is 16.5. The van der Waals surface area contributed by atoms with E-state index in [0.717, 1.165) is 13.2 Å². The number of ether oxygens (including phenoxy) is 1. The molecule has 2 aliphatic heterocycles. The van der Waals surface area contributed by atoms with E-state index < -0.39 is 0 Å². The van der Waals surface area contributed by atoms with Gasteiger partial charge in [-0.2, -0.15) is 0 Å². The molecule has 1 aliphatic carbocycles. The summed E-state index contributed by atoms with van der Waals surface area (Å²) in [5, 5.41) is 0. The number of rotatable bonds is 1. The normalized spacial score (nSPS) is 41.8. The molecule has 3 aliphatic rings. The number of nitrogens with two attached hydrogens (primary N) is 1. The molecule has 0 bridgehead atoms. The van der Waals surface area contributed by atoms with Crippen LogP contribution >= 0.6 is 0 Å². The van der Waals surface area contributed by atoms with Crippen LogP contribution in [0.5, 0.6) is 0 Å². The fourth-order valence-electron chi connectivity index (χ4n) is 3.12. The quantitative estimate of drug-likeness (QED) is 0.672. The third-order valence-electron chi connectivity index (χ3n) is 4.23. The average Bonchev–Trinajstić information content (AvgIpc) is 2.67. The summed E-state index contributed by atoms with van der Waals surface area (Å²) in [5.74, 6) is 0. The van der Waals surface area contributed by atoms with Crippen molar-refractivity contribution in [2.24, 2.45) is 5.73 Å². The van der Waals surface area contributed by atoms with Gasteiger partial charge in [0, 0.05) is 25.2 Å². The molecular formula is C11H20N2O. The molecule has 3 heteroatoms. The third-order valence-corrected chi connectivity index (χ3v) is 4.23. The second-order valence-corrected chi connectivity index (χ2v) is 5.25. The Labute approximate surface area is 85.6 Å². The second kappa shape index (κ2) is 3.19. The Morgan fingerprint density at radius 1 is 1.36 bits per heavy atom. The summed E-state index contributed by atoms with van der Waals surface area (Å²) < 4.78 is 5.95. The molecule has 2 N–H and O–H groups in total. The fraction of sp³-hybridized carbons (Fsp3) is 1.00. The maximum atomic E-state index is 5.95. The van der Waals surface area contributed by atoms with Crippen LogP contribution in [0, 0.1) is 0 Å². The number of nitrogens with zero attached hydrogens (tertiary/aromatic N) is 1. The van der Waals surface area contributed by atoms with Crippen LogP contribution in [0.25, 0.3) is 0 Å². The van der Waals surface area contributed by atoms with Crippen molar-refractivity contribution < 1.29 is 4.74 Å². The lowest BCUT2D eigenvalue weighted by molar-refractivity contribution is -0.0565. The Bertz CT molecular complexity index is 227. The first-order chi connectivity index (χ1) is 6.77. The molecule has 0 aromatic rings. The van der Waals surface area contributed by atoms with Gasteiger partial charge in [-0.05, 0) is 32.1 Å². The van der Waals surface area contributed by atoms with E-state index in [1.807, 2.05) is 0 Å². The zero-order valence-electron chi connectivity index (χ0n) is 8.74. The SMILES string of the molecule is NC1CCN(C2COC3(CCC3)C2)C1. The molecule has 3 nitrogen and oxygen atoms in total. The summed E-state index contributed by atoms with van der Waals surface area (Å²) in [6, 6.07) is 1.08. The van der Waals surface area contributed by atoms with Crippen LogP contribution in [0.15, 0.2) is 0 Å². The number of likely N-dealkylation sites (tertiary alicyclic amines) is 1. The highest BCUT2D eigenvalue weighted by Gasteiger charge is 2.47. The molecule has 0 aromatic carbocycles. The Hall–Kier alpha value is -0.120. The summed E-state index contributed by atoms with van der Waals surface area (Å²) in [5.41, 5.74) is 6.23. The van der Waals surface area contributed by atoms with Crippen LogP contribution in [0.1, 0.15) is 32.1 Å². The predicted octanol–water partition coefficient (Wildman–Crippen LogP) is 0.731. The molecule has 1 spiro atoms. The first-order valence-corrected chi connectivity index (χ1v) is 5.91. The van der Waals surface area contributed by atoms with E-state index in [1.54, 1.807) is 0 Å². The molecular weight excluding hydrogens is 176 g/mol. The van der Waals surface area contributed by atoms with Crippen molar-refractivity contribution in [3.05, 3.63) is 0 Å². The van der Waals surface area contributed by atoms with Crippen molar-refractivity contribution in [1.29, 1.82) is 0 Å². The molecule has 0 radical (unpaired) electrons. The molecule has 3 rings (SSSR count). The standard InChI is InChI=1S/C11H20N2O/c12-9-2-5-13(7-9)10-6-11(14-8-10)3-1-4-11/h9-10H,1-8,12H2. The van der Waals surface area contributed by atoms with E-state index in [9.17, 15) is 0 Å². The lowest BCUT2D eigenvalue weighted by atomic mass is 9.77. The van der Waals surface area contributed by atoms with Gasteiger partial charge in [-0.1, -0.05) is 0 Å². The van der Waals surface area contributed by atoms with Crippen molar-refractivity contribution in [3.8, 4) is 0 Å². The van der Waals surface area contributed by atoms with Gasteiger partial charge in [0.05, 0.1) is 12.2 Å². The van der Waals surface area contributed by atoms with Crippen molar-refractivity contribution in [3.63, 3.8) is 0 Å². The van der Waals surface area contributed by atoms with Gasteiger partial charge in [0.25, 0.3) is 0 Å². The molecule has 14 heavy (non-hydrogen) atoms. The van der Waals surface area contributed by atoms with Crippen LogP contribution in [-0.2, 0) is 4.74 Å². The summed E-state index contributed by atoms with van der Waals surface area (Å²) in [6.45, 7) is 3.22. The summed E-state index contributed by atoms with van der Waals surface area (Å²) in [7, 11) is 0. The van der Waals surface area contributed by atoms with E-state index in [-0.39, 0.29) is 0 Å². The van der Waals surface area contributed by atoms with Gasteiger partial charge in [0.15, 0.2) is 0 Å². The molecule has 2 unspecified atom stereocenters. The van der Waals surface area contributed by atoms with Gasteiger partial charge in [0.1, 0.15) is 0 Å². The van der Waals surface area contributed by atoms with Crippen molar-refractivity contribution in [2.75, 3.05) is 19.7 Å². The molecule has 1 saturated carbocycles. The molecule has 2 saturated heterocycles. The zero-order valence-corrected chi connectivity index (χ0v) is 8.74. The first-order valence-electron chi connectivity index (χ1n) is 5.91. The molecule has 2 atom stereocenters. The summed E-state index contributed by atoms with van der Waals surface area (Å²) in [4.78, 5) is 2.54. The van der Waals surface area contributed by atoms with Crippen molar-refractivity contribution >= 4 is 0 Å². The monoisotopic (exact) mass is 196 g/mol. The molecule has 80 valence electrons. The summed E-state index contributed by atoms with van der Waals surface area (Å²) in [6.07, 6.45) is 6.39. The number of hydrogen-bond donors (Lipinski definition) is 1. The van der Waals surface area contributed by atoms with Gasteiger partial charge in [-0.25, -0.2) is 0 Å². The first kappa shape index (κ1) is 9.13. The molecule has 3 fully saturated rings. The van der Waals surface area contributed by atoms with Crippen LogP contribution < -0.4 is 5.73 Å². The van der Waals surface area contributed by atoms with Gasteiger partial charge >= 0.3 is 0 Å². The lowest BCUT2D eigenvalue weighted by Gasteiger charge is -2.37. The third kappa shape index (κ3) is 1.38.